The maximum Gasteiger partial charge on any atom is 0.137 e. The highest BCUT2D eigenvalue weighted by atomic mass is 32.1. The van der Waals surface area contributed by atoms with Crippen LogP contribution in [0.3, 0.4) is 0 Å². The summed E-state index contributed by atoms with van der Waals surface area (Å²) in [5.41, 5.74) is 4.60. The molecule has 3 aromatic carbocycles. The molecule has 0 aliphatic heterocycles. The minimum Gasteiger partial charge on any atom is -0.293 e. The first kappa shape index (κ1) is 17.6. The zero-order chi connectivity index (χ0) is 21.1. The van der Waals surface area contributed by atoms with Crippen molar-refractivity contribution >= 4 is 53.4 Å². The Balaban J connectivity index is 1.59. The normalized spacial score (nSPS) is 11.8. The monoisotopic (exact) mass is 427 g/mol. The minimum atomic E-state index is 0.915. The molecule has 7 rings (SSSR count). The van der Waals surface area contributed by atoms with E-state index >= 15 is 0 Å². The van der Waals surface area contributed by atoms with Crippen molar-refractivity contribution in [3.05, 3.63) is 103 Å². The van der Waals surface area contributed by atoms with E-state index in [0.29, 0.717) is 0 Å². The maximum atomic E-state index is 4.92. The van der Waals surface area contributed by atoms with Crippen LogP contribution in [0.2, 0.25) is 0 Å². The van der Waals surface area contributed by atoms with Crippen LogP contribution in [0.25, 0.3) is 59.1 Å². The lowest BCUT2D eigenvalue weighted by molar-refractivity contribution is 1.08. The van der Waals surface area contributed by atoms with Crippen molar-refractivity contribution in [1.29, 1.82) is 0 Å². The number of para-hydroxylation sites is 1. The number of aromatic nitrogens is 3. The SMILES string of the molecule is c1ccc(-c2ccc(-n3c4ccccc4c4cnc5sc6ccccc6c5c43)nc2)cc1. The van der Waals surface area contributed by atoms with Gasteiger partial charge in [0.15, 0.2) is 0 Å². The average Bonchev–Trinajstić information content (AvgIpc) is 3.40. The van der Waals surface area contributed by atoms with Gasteiger partial charge < -0.3 is 0 Å². The van der Waals surface area contributed by atoms with Gasteiger partial charge in [0.2, 0.25) is 0 Å². The Morgan fingerprint density at radius 3 is 2.22 bits per heavy atom. The number of benzene rings is 3. The van der Waals surface area contributed by atoms with Gasteiger partial charge in [-0.3, -0.25) is 4.57 Å². The van der Waals surface area contributed by atoms with E-state index in [1.165, 1.54) is 31.9 Å². The largest absolute Gasteiger partial charge is 0.293 e. The zero-order valence-corrected chi connectivity index (χ0v) is 17.9. The summed E-state index contributed by atoms with van der Waals surface area (Å²) in [7, 11) is 0. The number of thiophene rings is 1. The first-order valence-electron chi connectivity index (χ1n) is 10.6. The number of hydrogen-bond donors (Lipinski definition) is 0. The van der Waals surface area contributed by atoms with Crippen molar-refractivity contribution in [2.24, 2.45) is 0 Å². The molecule has 150 valence electrons. The summed E-state index contributed by atoms with van der Waals surface area (Å²) in [5.74, 6) is 0.915. The molecule has 0 saturated heterocycles. The van der Waals surface area contributed by atoms with Gasteiger partial charge in [-0.05, 0) is 29.8 Å². The molecule has 0 aliphatic carbocycles. The second kappa shape index (κ2) is 6.74. The molecule has 0 aliphatic rings. The van der Waals surface area contributed by atoms with E-state index in [2.05, 4.69) is 89.5 Å². The van der Waals surface area contributed by atoms with Gasteiger partial charge >= 0.3 is 0 Å². The quantitative estimate of drug-likeness (QED) is 0.284. The van der Waals surface area contributed by atoms with Gasteiger partial charge in [0.05, 0.1) is 11.0 Å². The summed E-state index contributed by atoms with van der Waals surface area (Å²) in [6.07, 6.45) is 3.99. The summed E-state index contributed by atoms with van der Waals surface area (Å²) in [5, 5.41) is 4.80. The van der Waals surface area contributed by atoms with Crippen molar-refractivity contribution in [1.82, 2.24) is 14.5 Å². The molecule has 0 bridgehead atoms. The fourth-order valence-electron chi connectivity index (χ4n) is 4.68. The van der Waals surface area contributed by atoms with Crippen LogP contribution in [0.15, 0.2) is 103 Å². The third kappa shape index (κ3) is 2.47. The van der Waals surface area contributed by atoms with E-state index < -0.39 is 0 Å². The molecule has 0 N–H and O–H groups in total. The van der Waals surface area contributed by atoms with Gasteiger partial charge in [-0.2, -0.15) is 0 Å². The highest BCUT2D eigenvalue weighted by Gasteiger charge is 2.19. The summed E-state index contributed by atoms with van der Waals surface area (Å²) in [6, 6.07) is 31.7. The van der Waals surface area contributed by atoms with Crippen LogP contribution in [0.4, 0.5) is 0 Å². The molecule has 4 aromatic heterocycles. The highest BCUT2D eigenvalue weighted by Crippen LogP contribution is 2.41. The molecular formula is C28H17N3S. The van der Waals surface area contributed by atoms with Gasteiger partial charge in [-0.1, -0.05) is 66.7 Å². The number of fused-ring (bicyclic) bond motifs is 7. The standard InChI is InChI=1S/C28H17N3S/c1-2-8-18(9-3-1)19-14-15-25(29-16-19)31-23-12-6-4-10-20(23)22-17-30-28-26(27(22)31)21-11-5-7-13-24(21)32-28/h1-17H. The molecule has 0 radical (unpaired) electrons. The Labute approximate surface area is 188 Å². The van der Waals surface area contributed by atoms with Crippen molar-refractivity contribution < 1.29 is 0 Å². The molecule has 4 heterocycles. The molecule has 0 saturated carbocycles. The van der Waals surface area contributed by atoms with Gasteiger partial charge in [0.25, 0.3) is 0 Å². The molecule has 3 nitrogen and oxygen atoms in total. The molecular weight excluding hydrogens is 410 g/mol. The first-order chi connectivity index (χ1) is 15.9. The zero-order valence-electron chi connectivity index (χ0n) is 17.1. The molecule has 0 atom stereocenters. The van der Waals surface area contributed by atoms with Crippen molar-refractivity contribution in [2.45, 2.75) is 0 Å². The smallest absolute Gasteiger partial charge is 0.137 e. The molecule has 4 heteroatoms. The van der Waals surface area contributed by atoms with E-state index in [1.54, 1.807) is 11.3 Å². The van der Waals surface area contributed by atoms with E-state index in [9.17, 15) is 0 Å². The van der Waals surface area contributed by atoms with E-state index in [-0.39, 0.29) is 0 Å². The van der Waals surface area contributed by atoms with Crippen LogP contribution in [-0.4, -0.2) is 14.5 Å². The fourth-order valence-corrected chi connectivity index (χ4v) is 5.72. The van der Waals surface area contributed by atoms with Gasteiger partial charge in [-0.25, -0.2) is 9.97 Å². The van der Waals surface area contributed by atoms with Crippen LogP contribution in [-0.2, 0) is 0 Å². The van der Waals surface area contributed by atoms with Crippen LogP contribution in [0, 0.1) is 0 Å². The van der Waals surface area contributed by atoms with E-state index in [1.807, 2.05) is 18.5 Å². The van der Waals surface area contributed by atoms with Gasteiger partial charge in [0, 0.05) is 44.2 Å². The Kier molecular flexibility index (Phi) is 3.72. The lowest BCUT2D eigenvalue weighted by Gasteiger charge is -2.09. The lowest BCUT2D eigenvalue weighted by atomic mass is 10.1. The first-order valence-corrected chi connectivity index (χ1v) is 11.4. The Hall–Kier alpha value is -4.02. The molecule has 0 fully saturated rings. The third-order valence-corrected chi connectivity index (χ3v) is 7.20. The average molecular weight is 428 g/mol. The topological polar surface area (TPSA) is 30.7 Å². The molecule has 32 heavy (non-hydrogen) atoms. The van der Waals surface area contributed by atoms with Gasteiger partial charge in [-0.15, -0.1) is 11.3 Å². The summed E-state index contributed by atoms with van der Waals surface area (Å²) >= 11 is 1.75. The Morgan fingerprint density at radius 2 is 1.38 bits per heavy atom. The van der Waals surface area contributed by atoms with Crippen LogP contribution >= 0.6 is 11.3 Å². The third-order valence-electron chi connectivity index (χ3n) is 6.12. The Bertz CT molecular complexity index is 1760. The lowest BCUT2D eigenvalue weighted by Crippen LogP contribution is -1.97. The van der Waals surface area contributed by atoms with Crippen LogP contribution in [0.5, 0.6) is 0 Å². The maximum absolute atomic E-state index is 4.92. The molecule has 0 spiro atoms. The van der Waals surface area contributed by atoms with Crippen LogP contribution in [0.1, 0.15) is 0 Å². The Morgan fingerprint density at radius 1 is 0.594 bits per heavy atom. The van der Waals surface area contributed by atoms with Gasteiger partial charge in [0.1, 0.15) is 10.6 Å². The summed E-state index contributed by atoms with van der Waals surface area (Å²) in [6.45, 7) is 0. The molecule has 7 aromatic rings. The summed E-state index contributed by atoms with van der Waals surface area (Å²) in [4.78, 5) is 10.8. The van der Waals surface area contributed by atoms with Crippen molar-refractivity contribution in [3.63, 3.8) is 0 Å². The number of nitrogens with zero attached hydrogens (tertiary/aromatic N) is 3. The predicted octanol–water partition coefficient (Wildman–Crippen LogP) is 7.61. The number of rotatable bonds is 2. The second-order valence-corrected chi connectivity index (χ2v) is 8.95. The van der Waals surface area contributed by atoms with Crippen molar-refractivity contribution in [3.8, 4) is 16.9 Å². The molecule has 0 amide bonds. The predicted molar refractivity (Wildman–Crippen MR) is 135 cm³/mol. The highest BCUT2D eigenvalue weighted by molar-refractivity contribution is 7.25. The number of pyridine rings is 2. The minimum absolute atomic E-state index is 0.915. The fraction of sp³-hybridized carbons (Fsp3) is 0. The summed E-state index contributed by atoms with van der Waals surface area (Å²) < 4.78 is 3.55. The number of hydrogen-bond acceptors (Lipinski definition) is 3. The second-order valence-electron chi connectivity index (χ2n) is 7.92. The van der Waals surface area contributed by atoms with Crippen LogP contribution < -0.4 is 0 Å². The molecule has 0 unspecified atom stereocenters. The van der Waals surface area contributed by atoms with E-state index in [0.717, 1.165) is 27.1 Å². The van der Waals surface area contributed by atoms with E-state index in [4.69, 9.17) is 9.97 Å². The van der Waals surface area contributed by atoms with Crippen molar-refractivity contribution in [2.75, 3.05) is 0 Å².